The first-order valence-corrected chi connectivity index (χ1v) is 20.3. The fraction of sp³-hybridized carbons (Fsp3) is 0.0172. The SMILES string of the molecule is C=c1/c(=C\C=C(C)c2ccc3ccc(-c4ccc5ccc6ccc(-c7cccc8ccccc78)cc6c5n4)cc3c2)ccc2ccc(-c3cccc4ccccc34)cc12. The van der Waals surface area contributed by atoms with Crippen molar-refractivity contribution in [3.05, 3.63) is 216 Å². The van der Waals surface area contributed by atoms with Crippen LogP contribution < -0.4 is 10.4 Å². The van der Waals surface area contributed by atoms with Crippen molar-refractivity contribution in [2.45, 2.75) is 6.92 Å². The number of hydrogen-bond donors (Lipinski definition) is 0. The molecular formula is C58H39N. The number of pyridine rings is 1. The maximum Gasteiger partial charge on any atom is 0.0788 e. The van der Waals surface area contributed by atoms with E-state index in [1.807, 2.05) is 0 Å². The van der Waals surface area contributed by atoms with Crippen LogP contribution in [0, 0.1) is 0 Å². The molecule has 10 aromatic carbocycles. The van der Waals surface area contributed by atoms with Crippen LogP contribution in [0.3, 0.4) is 0 Å². The van der Waals surface area contributed by atoms with Crippen LogP contribution in [0.2, 0.25) is 0 Å². The van der Waals surface area contributed by atoms with Crippen LogP contribution in [0.25, 0.3) is 117 Å². The van der Waals surface area contributed by atoms with Crippen molar-refractivity contribution in [1.29, 1.82) is 0 Å². The van der Waals surface area contributed by atoms with Crippen molar-refractivity contribution in [3.63, 3.8) is 0 Å². The molecule has 11 aromatic rings. The van der Waals surface area contributed by atoms with Gasteiger partial charge in [0.2, 0.25) is 0 Å². The van der Waals surface area contributed by atoms with E-state index in [-0.39, 0.29) is 0 Å². The van der Waals surface area contributed by atoms with Gasteiger partial charge in [-0.05, 0) is 130 Å². The molecule has 11 rings (SSSR count). The summed E-state index contributed by atoms with van der Waals surface area (Å²) in [6.45, 7) is 6.76. The lowest BCUT2D eigenvalue weighted by atomic mass is 9.95. The van der Waals surface area contributed by atoms with E-state index in [1.54, 1.807) is 0 Å². The Morgan fingerprint density at radius 1 is 0.424 bits per heavy atom. The standard InChI is InChI=1S/C58H39N/c1-37(17-18-39-19-22-43-24-28-47(35-55(43)38(39)2)53-15-7-11-41-9-3-5-13-51(41)53)46-27-20-40-21-30-49(34-50(40)33-46)57-32-31-45-26-23-44-25-29-48(36-56(44)58(45)59-57)54-16-8-12-42-10-4-6-14-52(42)54/h3-36H,2H2,1H3/b37-17?,39-18-. The Morgan fingerprint density at radius 3 is 1.71 bits per heavy atom. The number of fused-ring (bicyclic) bond motifs is 7. The van der Waals surface area contributed by atoms with Crippen molar-refractivity contribution in [3.8, 4) is 33.5 Å². The third kappa shape index (κ3) is 6.16. The topological polar surface area (TPSA) is 12.9 Å². The number of benzene rings is 10. The smallest absolute Gasteiger partial charge is 0.0788 e. The highest BCUT2D eigenvalue weighted by atomic mass is 14.7. The monoisotopic (exact) mass is 749 g/mol. The Morgan fingerprint density at radius 2 is 0.966 bits per heavy atom. The van der Waals surface area contributed by atoms with E-state index >= 15 is 0 Å². The van der Waals surface area contributed by atoms with Gasteiger partial charge in [-0.1, -0.05) is 183 Å². The van der Waals surface area contributed by atoms with Gasteiger partial charge in [-0.25, -0.2) is 4.98 Å². The number of rotatable bonds is 5. The molecule has 1 heteroatoms. The normalized spacial score (nSPS) is 12.4. The highest BCUT2D eigenvalue weighted by molar-refractivity contribution is 6.09. The average molecular weight is 750 g/mol. The summed E-state index contributed by atoms with van der Waals surface area (Å²) in [6, 6.07) is 70.3. The summed E-state index contributed by atoms with van der Waals surface area (Å²) in [7, 11) is 0. The largest absolute Gasteiger partial charge is 0.247 e. The van der Waals surface area contributed by atoms with E-state index in [9.17, 15) is 0 Å². The second kappa shape index (κ2) is 14.1. The summed E-state index contributed by atoms with van der Waals surface area (Å²) in [6.07, 6.45) is 4.43. The molecule has 276 valence electrons. The lowest BCUT2D eigenvalue weighted by Gasteiger charge is -2.11. The molecule has 1 aromatic heterocycles. The van der Waals surface area contributed by atoms with Gasteiger partial charge in [0.1, 0.15) is 0 Å². The third-order valence-corrected chi connectivity index (χ3v) is 12.2. The predicted molar refractivity (Wildman–Crippen MR) is 255 cm³/mol. The van der Waals surface area contributed by atoms with Crippen LogP contribution in [0.1, 0.15) is 12.5 Å². The maximum absolute atomic E-state index is 5.34. The Hall–Kier alpha value is -7.61. The quantitative estimate of drug-likeness (QED) is 0.160. The number of nitrogens with zero attached hydrogens (tertiary/aromatic N) is 1. The lowest BCUT2D eigenvalue weighted by Crippen LogP contribution is -2.23. The van der Waals surface area contributed by atoms with E-state index < -0.39 is 0 Å². The minimum absolute atomic E-state index is 0.969. The van der Waals surface area contributed by atoms with E-state index in [1.165, 1.54) is 81.9 Å². The lowest BCUT2D eigenvalue weighted by molar-refractivity contribution is 1.41. The molecule has 0 saturated carbocycles. The van der Waals surface area contributed by atoms with Gasteiger partial charge in [0, 0.05) is 16.3 Å². The van der Waals surface area contributed by atoms with Gasteiger partial charge in [0.25, 0.3) is 0 Å². The molecule has 0 fully saturated rings. The van der Waals surface area contributed by atoms with Crippen molar-refractivity contribution >= 4 is 83.0 Å². The average Bonchev–Trinajstić information content (AvgIpc) is 3.30. The van der Waals surface area contributed by atoms with Crippen molar-refractivity contribution in [1.82, 2.24) is 4.98 Å². The maximum atomic E-state index is 5.34. The molecule has 0 aliphatic rings. The highest BCUT2D eigenvalue weighted by Crippen LogP contribution is 2.35. The first-order chi connectivity index (χ1) is 29.0. The van der Waals surface area contributed by atoms with Crippen LogP contribution in [0.4, 0.5) is 0 Å². The van der Waals surface area contributed by atoms with Crippen LogP contribution in [-0.4, -0.2) is 4.98 Å². The zero-order valence-electron chi connectivity index (χ0n) is 32.8. The van der Waals surface area contributed by atoms with Gasteiger partial charge in [0.05, 0.1) is 11.2 Å². The van der Waals surface area contributed by atoms with E-state index in [4.69, 9.17) is 4.98 Å². The first kappa shape index (κ1) is 34.6. The summed E-state index contributed by atoms with van der Waals surface area (Å²) in [5.74, 6) is 0. The minimum Gasteiger partial charge on any atom is -0.247 e. The zero-order chi connectivity index (χ0) is 39.5. The Labute approximate surface area is 343 Å². The minimum atomic E-state index is 0.969. The predicted octanol–water partition coefficient (Wildman–Crippen LogP) is 14.3. The molecule has 0 bridgehead atoms. The molecular weight excluding hydrogens is 711 g/mol. The van der Waals surface area contributed by atoms with Crippen molar-refractivity contribution < 1.29 is 0 Å². The van der Waals surface area contributed by atoms with Gasteiger partial charge in [-0.2, -0.15) is 0 Å². The molecule has 0 N–H and O–H groups in total. The molecule has 0 radical (unpaired) electrons. The summed E-state index contributed by atoms with van der Waals surface area (Å²) < 4.78 is 0. The summed E-state index contributed by atoms with van der Waals surface area (Å²) >= 11 is 0. The second-order valence-electron chi connectivity index (χ2n) is 15.7. The van der Waals surface area contributed by atoms with Crippen LogP contribution in [0.5, 0.6) is 0 Å². The fourth-order valence-corrected chi connectivity index (χ4v) is 8.87. The number of allylic oxidation sites excluding steroid dienone is 2. The van der Waals surface area contributed by atoms with Crippen molar-refractivity contribution in [2.24, 2.45) is 0 Å². The highest BCUT2D eigenvalue weighted by Gasteiger charge is 2.11. The molecule has 0 aliphatic heterocycles. The molecule has 0 saturated heterocycles. The Balaban J connectivity index is 0.937. The van der Waals surface area contributed by atoms with Gasteiger partial charge in [-0.3, -0.25) is 0 Å². The van der Waals surface area contributed by atoms with E-state index in [0.717, 1.165) is 38.0 Å². The number of hydrogen-bond acceptors (Lipinski definition) is 1. The molecule has 1 heterocycles. The fourth-order valence-electron chi connectivity index (χ4n) is 8.87. The van der Waals surface area contributed by atoms with Gasteiger partial charge in [0.15, 0.2) is 0 Å². The van der Waals surface area contributed by atoms with Crippen LogP contribution >= 0.6 is 0 Å². The van der Waals surface area contributed by atoms with Crippen LogP contribution in [-0.2, 0) is 0 Å². The Kier molecular flexibility index (Phi) is 8.27. The molecule has 59 heavy (non-hydrogen) atoms. The molecule has 0 atom stereocenters. The first-order valence-electron chi connectivity index (χ1n) is 20.3. The van der Waals surface area contributed by atoms with Gasteiger partial charge in [-0.15, -0.1) is 0 Å². The zero-order valence-corrected chi connectivity index (χ0v) is 32.8. The molecule has 1 nitrogen and oxygen atoms in total. The molecule has 0 amide bonds. The number of aromatic nitrogens is 1. The van der Waals surface area contributed by atoms with Crippen LogP contribution in [0.15, 0.2) is 200 Å². The second-order valence-corrected chi connectivity index (χ2v) is 15.7. The van der Waals surface area contributed by atoms with Gasteiger partial charge >= 0.3 is 0 Å². The van der Waals surface area contributed by atoms with E-state index in [2.05, 4.69) is 220 Å². The summed E-state index contributed by atoms with van der Waals surface area (Å²) in [4.78, 5) is 5.34. The molecule has 0 spiro atoms. The summed E-state index contributed by atoms with van der Waals surface area (Å²) in [5, 5.41) is 15.4. The Bertz CT molecular complexity index is 3640. The molecule has 0 aliphatic carbocycles. The van der Waals surface area contributed by atoms with Crippen molar-refractivity contribution in [2.75, 3.05) is 0 Å². The third-order valence-electron chi connectivity index (χ3n) is 12.2. The van der Waals surface area contributed by atoms with Gasteiger partial charge < -0.3 is 0 Å². The van der Waals surface area contributed by atoms with E-state index in [0.29, 0.717) is 0 Å². The molecule has 0 unspecified atom stereocenters. The summed E-state index contributed by atoms with van der Waals surface area (Å²) in [5.41, 5.74) is 10.4.